The fourth-order valence-electron chi connectivity index (χ4n) is 2.73. The van der Waals surface area contributed by atoms with E-state index in [-0.39, 0.29) is 0 Å². The monoisotopic (exact) mass is 211 g/mol. The Morgan fingerprint density at radius 3 is 2.67 bits per heavy atom. The average molecular weight is 211 g/mol. The van der Waals surface area contributed by atoms with Gasteiger partial charge in [0.1, 0.15) is 6.79 Å². The van der Waals surface area contributed by atoms with Crippen LogP contribution in [0.3, 0.4) is 0 Å². The van der Waals surface area contributed by atoms with Gasteiger partial charge in [-0.05, 0) is 43.4 Å². The van der Waals surface area contributed by atoms with E-state index < -0.39 is 0 Å². The molecule has 1 saturated heterocycles. The molecule has 1 aliphatic heterocycles. The summed E-state index contributed by atoms with van der Waals surface area (Å²) in [6.07, 6.45) is 7.31. The van der Waals surface area contributed by atoms with E-state index in [1.54, 1.807) is 0 Å². The lowest BCUT2D eigenvalue weighted by atomic mass is 10.0. The number of rotatable bonds is 5. The van der Waals surface area contributed by atoms with E-state index in [1.807, 2.05) is 0 Å². The van der Waals surface area contributed by atoms with E-state index in [9.17, 15) is 0 Å². The first-order valence-electron chi connectivity index (χ1n) is 6.29. The molecular formula is C12H21NO2. The van der Waals surface area contributed by atoms with Crippen LogP contribution in [-0.2, 0) is 9.47 Å². The Labute approximate surface area is 91.5 Å². The second-order valence-electron chi connectivity index (χ2n) is 5.37. The van der Waals surface area contributed by atoms with Gasteiger partial charge in [0.25, 0.3) is 0 Å². The highest BCUT2D eigenvalue weighted by Gasteiger charge is 2.53. The molecule has 1 unspecified atom stereocenters. The molecule has 1 N–H and O–H groups in total. The van der Waals surface area contributed by atoms with Gasteiger partial charge in [-0.2, -0.15) is 0 Å². The zero-order chi connectivity index (χ0) is 10.1. The van der Waals surface area contributed by atoms with Crippen LogP contribution >= 0.6 is 0 Å². The first-order chi connectivity index (χ1) is 7.39. The van der Waals surface area contributed by atoms with Crippen molar-refractivity contribution in [2.24, 2.45) is 11.3 Å². The molecule has 0 spiro atoms. The minimum absolute atomic E-state index is 0.383. The minimum atomic E-state index is 0.383. The summed E-state index contributed by atoms with van der Waals surface area (Å²) in [5.74, 6) is 1.06. The normalized spacial score (nSPS) is 34.0. The molecule has 0 aromatic heterocycles. The molecule has 0 bridgehead atoms. The molecular weight excluding hydrogens is 190 g/mol. The van der Waals surface area contributed by atoms with Gasteiger partial charge in [-0.1, -0.05) is 0 Å². The van der Waals surface area contributed by atoms with Gasteiger partial charge in [-0.3, -0.25) is 0 Å². The second-order valence-corrected chi connectivity index (χ2v) is 5.37. The second kappa shape index (κ2) is 4.04. The molecule has 3 rings (SSSR count). The Balaban J connectivity index is 1.35. The lowest BCUT2D eigenvalue weighted by molar-refractivity contribution is -0.137. The SMILES string of the molecule is C1CC(CNCC2(C3CC3)CC2)OCO1. The Morgan fingerprint density at radius 2 is 2.07 bits per heavy atom. The van der Waals surface area contributed by atoms with Crippen LogP contribution in [0, 0.1) is 11.3 Å². The molecule has 0 aromatic rings. The van der Waals surface area contributed by atoms with E-state index in [1.165, 1.54) is 32.2 Å². The highest BCUT2D eigenvalue weighted by molar-refractivity contribution is 5.05. The van der Waals surface area contributed by atoms with Crippen LogP contribution in [0.15, 0.2) is 0 Å². The third-order valence-electron chi connectivity index (χ3n) is 4.16. The summed E-state index contributed by atoms with van der Waals surface area (Å²) in [4.78, 5) is 0. The van der Waals surface area contributed by atoms with Gasteiger partial charge >= 0.3 is 0 Å². The topological polar surface area (TPSA) is 30.5 Å². The third kappa shape index (κ3) is 2.35. The van der Waals surface area contributed by atoms with E-state index in [0.717, 1.165) is 25.5 Å². The predicted molar refractivity (Wildman–Crippen MR) is 57.6 cm³/mol. The summed E-state index contributed by atoms with van der Waals surface area (Å²) < 4.78 is 10.7. The molecule has 0 amide bonds. The maximum Gasteiger partial charge on any atom is 0.147 e. The summed E-state index contributed by atoms with van der Waals surface area (Å²) >= 11 is 0. The van der Waals surface area contributed by atoms with Crippen LogP contribution in [0.25, 0.3) is 0 Å². The van der Waals surface area contributed by atoms with Crippen molar-refractivity contribution in [2.45, 2.75) is 38.2 Å². The maximum absolute atomic E-state index is 5.50. The summed E-state index contributed by atoms with van der Waals surface area (Å²) in [5.41, 5.74) is 0.713. The van der Waals surface area contributed by atoms with Crippen LogP contribution in [0.1, 0.15) is 32.1 Å². The Bertz CT molecular complexity index is 218. The lowest BCUT2D eigenvalue weighted by Crippen LogP contribution is -2.37. The molecule has 3 aliphatic rings. The molecule has 15 heavy (non-hydrogen) atoms. The first-order valence-corrected chi connectivity index (χ1v) is 6.29. The summed E-state index contributed by atoms with van der Waals surface area (Å²) in [6, 6.07) is 0. The van der Waals surface area contributed by atoms with Crippen LogP contribution in [0.5, 0.6) is 0 Å². The van der Waals surface area contributed by atoms with Crippen molar-refractivity contribution in [1.29, 1.82) is 0 Å². The predicted octanol–water partition coefficient (Wildman–Crippen LogP) is 1.53. The largest absolute Gasteiger partial charge is 0.355 e. The zero-order valence-corrected chi connectivity index (χ0v) is 9.34. The molecule has 3 nitrogen and oxygen atoms in total. The smallest absolute Gasteiger partial charge is 0.147 e. The molecule has 1 heterocycles. The molecule has 2 aliphatic carbocycles. The van der Waals surface area contributed by atoms with Crippen LogP contribution in [0.2, 0.25) is 0 Å². The quantitative estimate of drug-likeness (QED) is 0.748. The lowest BCUT2D eigenvalue weighted by Gasteiger charge is -2.24. The number of hydrogen-bond donors (Lipinski definition) is 1. The van der Waals surface area contributed by atoms with Gasteiger partial charge in [-0.25, -0.2) is 0 Å². The minimum Gasteiger partial charge on any atom is -0.355 e. The van der Waals surface area contributed by atoms with Gasteiger partial charge in [0, 0.05) is 13.1 Å². The fraction of sp³-hybridized carbons (Fsp3) is 1.00. The molecule has 0 radical (unpaired) electrons. The molecule has 2 saturated carbocycles. The van der Waals surface area contributed by atoms with Crippen molar-refractivity contribution in [3.05, 3.63) is 0 Å². The highest BCUT2D eigenvalue weighted by Crippen LogP contribution is 2.60. The van der Waals surface area contributed by atoms with Crippen LogP contribution in [0.4, 0.5) is 0 Å². The first kappa shape index (κ1) is 10.1. The van der Waals surface area contributed by atoms with Crippen molar-refractivity contribution in [3.8, 4) is 0 Å². The van der Waals surface area contributed by atoms with Gasteiger partial charge in [0.15, 0.2) is 0 Å². The standard InChI is InChI=1S/C12H21NO2/c1-2-10(1)12(4-5-12)8-13-7-11-3-6-14-9-15-11/h10-11,13H,1-9H2. The Morgan fingerprint density at radius 1 is 1.20 bits per heavy atom. The van der Waals surface area contributed by atoms with E-state index in [4.69, 9.17) is 9.47 Å². The van der Waals surface area contributed by atoms with Crippen molar-refractivity contribution in [3.63, 3.8) is 0 Å². The van der Waals surface area contributed by atoms with Gasteiger partial charge in [0.2, 0.25) is 0 Å². The van der Waals surface area contributed by atoms with Gasteiger partial charge in [0.05, 0.1) is 12.7 Å². The molecule has 3 heteroatoms. The van der Waals surface area contributed by atoms with Crippen molar-refractivity contribution < 1.29 is 9.47 Å². The van der Waals surface area contributed by atoms with Crippen LogP contribution < -0.4 is 5.32 Å². The Hall–Kier alpha value is -0.120. The van der Waals surface area contributed by atoms with E-state index >= 15 is 0 Å². The highest BCUT2D eigenvalue weighted by atomic mass is 16.7. The van der Waals surface area contributed by atoms with Crippen molar-refractivity contribution in [1.82, 2.24) is 5.32 Å². The molecule has 3 fully saturated rings. The van der Waals surface area contributed by atoms with E-state index in [2.05, 4.69) is 5.32 Å². The zero-order valence-electron chi connectivity index (χ0n) is 9.34. The number of hydrogen-bond acceptors (Lipinski definition) is 3. The van der Waals surface area contributed by atoms with Crippen LogP contribution in [-0.4, -0.2) is 32.6 Å². The number of ether oxygens (including phenoxy) is 2. The molecule has 86 valence electrons. The summed E-state index contributed by atoms with van der Waals surface area (Å²) in [5, 5.41) is 3.60. The summed E-state index contributed by atoms with van der Waals surface area (Å²) in [7, 11) is 0. The Kier molecular flexibility index (Phi) is 2.71. The fourth-order valence-corrected chi connectivity index (χ4v) is 2.73. The maximum atomic E-state index is 5.50. The molecule has 1 atom stereocenters. The van der Waals surface area contributed by atoms with Crippen molar-refractivity contribution in [2.75, 3.05) is 26.5 Å². The van der Waals surface area contributed by atoms with Gasteiger partial charge < -0.3 is 14.8 Å². The average Bonchev–Trinajstić information content (AvgIpc) is 3.14. The number of nitrogens with one attached hydrogen (secondary N) is 1. The third-order valence-corrected chi connectivity index (χ3v) is 4.16. The van der Waals surface area contributed by atoms with Gasteiger partial charge in [-0.15, -0.1) is 0 Å². The molecule has 0 aromatic carbocycles. The van der Waals surface area contributed by atoms with E-state index in [0.29, 0.717) is 18.3 Å². The van der Waals surface area contributed by atoms with Crippen molar-refractivity contribution >= 4 is 0 Å². The summed E-state index contributed by atoms with van der Waals surface area (Å²) in [6.45, 7) is 3.58.